The molecule has 1 saturated heterocycles. The van der Waals surface area contributed by atoms with Crippen LogP contribution in [0.15, 0.2) is 12.3 Å². The Labute approximate surface area is 117 Å². The van der Waals surface area contributed by atoms with E-state index in [0.29, 0.717) is 29.6 Å². The van der Waals surface area contributed by atoms with E-state index in [-0.39, 0.29) is 5.97 Å². The van der Waals surface area contributed by atoms with E-state index in [0.717, 1.165) is 6.54 Å². The molecule has 5 nitrogen and oxygen atoms in total. The number of esters is 1. The van der Waals surface area contributed by atoms with Crippen molar-refractivity contribution >= 4 is 29.2 Å². The minimum atomic E-state index is -0.361. The molecule has 1 fully saturated rings. The van der Waals surface area contributed by atoms with Gasteiger partial charge in [0.2, 0.25) is 0 Å². The Morgan fingerprint density at radius 2 is 2.53 bits per heavy atom. The molecule has 1 aromatic heterocycles. The molecule has 1 unspecified atom stereocenters. The van der Waals surface area contributed by atoms with Gasteiger partial charge < -0.3 is 15.8 Å². The van der Waals surface area contributed by atoms with Crippen molar-refractivity contribution in [1.29, 1.82) is 0 Å². The van der Waals surface area contributed by atoms with Crippen LogP contribution in [0.1, 0.15) is 23.7 Å². The zero-order valence-electron chi connectivity index (χ0n) is 11.0. The zero-order valence-corrected chi connectivity index (χ0v) is 11.8. The number of nitrogen functional groups attached to an aromatic ring is 1. The van der Waals surface area contributed by atoms with E-state index in [4.69, 9.17) is 10.5 Å². The molecular formula is C13H19N3O2S. The number of rotatable bonds is 5. The number of nitrogens with two attached hydrogens (primary N) is 1. The van der Waals surface area contributed by atoms with Crippen molar-refractivity contribution in [1.82, 2.24) is 4.98 Å². The summed E-state index contributed by atoms with van der Waals surface area (Å²) in [7, 11) is 0. The molecule has 0 aromatic carbocycles. The van der Waals surface area contributed by atoms with Crippen molar-refractivity contribution in [3.8, 4) is 0 Å². The molecule has 1 aromatic rings. The molecule has 2 heterocycles. The van der Waals surface area contributed by atoms with Crippen molar-refractivity contribution in [2.24, 2.45) is 5.92 Å². The van der Waals surface area contributed by atoms with E-state index in [9.17, 15) is 4.79 Å². The molecule has 19 heavy (non-hydrogen) atoms. The fraction of sp³-hybridized carbons (Fsp3) is 0.538. The number of carbonyl (C=O) groups excluding carboxylic acids is 1. The first-order valence-corrected chi connectivity index (χ1v) is 7.60. The van der Waals surface area contributed by atoms with Gasteiger partial charge in [-0.2, -0.15) is 11.8 Å². The molecule has 0 bridgehead atoms. The molecule has 104 valence electrons. The second-order valence-electron chi connectivity index (χ2n) is 4.49. The van der Waals surface area contributed by atoms with Crippen LogP contribution in [0.2, 0.25) is 0 Å². The molecular weight excluding hydrogens is 262 g/mol. The summed E-state index contributed by atoms with van der Waals surface area (Å²) >= 11 is 1.97. The first-order chi connectivity index (χ1) is 9.20. The number of hydrogen-bond donors (Lipinski definition) is 2. The summed E-state index contributed by atoms with van der Waals surface area (Å²) in [5, 5.41) is 3.29. The van der Waals surface area contributed by atoms with Crippen molar-refractivity contribution in [2.75, 3.05) is 35.7 Å². The van der Waals surface area contributed by atoms with E-state index in [1.807, 2.05) is 11.8 Å². The van der Waals surface area contributed by atoms with E-state index < -0.39 is 0 Å². The maximum Gasteiger partial charge on any atom is 0.340 e. The highest BCUT2D eigenvalue weighted by Gasteiger charge is 2.18. The van der Waals surface area contributed by atoms with E-state index in [2.05, 4.69) is 10.3 Å². The van der Waals surface area contributed by atoms with Crippen molar-refractivity contribution < 1.29 is 9.53 Å². The second kappa shape index (κ2) is 6.65. The Bertz CT molecular complexity index is 448. The largest absolute Gasteiger partial charge is 0.462 e. The molecule has 0 spiro atoms. The van der Waals surface area contributed by atoms with Crippen LogP contribution < -0.4 is 11.1 Å². The van der Waals surface area contributed by atoms with E-state index >= 15 is 0 Å². The van der Waals surface area contributed by atoms with Gasteiger partial charge in [0.15, 0.2) is 0 Å². The summed E-state index contributed by atoms with van der Waals surface area (Å²) in [6.45, 7) is 2.98. The normalized spacial score (nSPS) is 18.3. The summed E-state index contributed by atoms with van der Waals surface area (Å²) in [4.78, 5) is 15.9. The lowest BCUT2D eigenvalue weighted by molar-refractivity contribution is 0.0527. The molecule has 0 saturated carbocycles. The minimum absolute atomic E-state index is 0.324. The van der Waals surface area contributed by atoms with Crippen LogP contribution in [0.4, 0.5) is 11.5 Å². The smallest absolute Gasteiger partial charge is 0.340 e. The fourth-order valence-corrected chi connectivity index (χ4v) is 3.27. The minimum Gasteiger partial charge on any atom is -0.462 e. The van der Waals surface area contributed by atoms with Gasteiger partial charge in [-0.3, -0.25) is 0 Å². The van der Waals surface area contributed by atoms with Gasteiger partial charge in [0.1, 0.15) is 5.82 Å². The van der Waals surface area contributed by atoms with Gasteiger partial charge in [-0.1, -0.05) is 0 Å². The highest BCUT2D eigenvalue weighted by molar-refractivity contribution is 7.99. The standard InChI is InChI=1S/C13H19N3O2S/c1-2-18-13(17)10-5-12(14)16-7-11(10)15-6-9-3-4-19-8-9/h5,7,9,15H,2-4,6,8H2,1H3,(H2,14,16). The molecule has 0 aliphatic carbocycles. The number of pyridine rings is 1. The number of nitrogens with one attached hydrogen (secondary N) is 1. The predicted octanol–water partition coefficient (Wildman–Crippen LogP) is 2.01. The maximum absolute atomic E-state index is 11.9. The van der Waals surface area contributed by atoms with Crippen LogP contribution in [0.5, 0.6) is 0 Å². The topological polar surface area (TPSA) is 77.2 Å². The summed E-state index contributed by atoms with van der Waals surface area (Å²) in [5.41, 5.74) is 6.79. The van der Waals surface area contributed by atoms with Crippen LogP contribution in [0, 0.1) is 5.92 Å². The summed E-state index contributed by atoms with van der Waals surface area (Å²) < 4.78 is 5.03. The fourth-order valence-electron chi connectivity index (χ4n) is 1.99. The molecule has 2 rings (SSSR count). The lowest BCUT2D eigenvalue weighted by atomic mass is 10.1. The summed E-state index contributed by atoms with van der Waals surface area (Å²) in [6.07, 6.45) is 2.82. The Morgan fingerprint density at radius 3 is 3.21 bits per heavy atom. The lowest BCUT2D eigenvalue weighted by Gasteiger charge is -2.14. The average Bonchev–Trinajstić information content (AvgIpc) is 2.90. The third-order valence-corrected chi connectivity index (χ3v) is 4.26. The van der Waals surface area contributed by atoms with Gasteiger partial charge in [0.25, 0.3) is 0 Å². The second-order valence-corrected chi connectivity index (χ2v) is 5.64. The number of carbonyl (C=O) groups is 1. The molecule has 3 N–H and O–H groups in total. The average molecular weight is 281 g/mol. The SMILES string of the molecule is CCOC(=O)c1cc(N)ncc1NCC1CCSC1. The van der Waals surface area contributed by atoms with Gasteiger partial charge in [0.05, 0.1) is 24.1 Å². The predicted molar refractivity (Wildman–Crippen MR) is 78.5 cm³/mol. The van der Waals surface area contributed by atoms with Crippen LogP contribution >= 0.6 is 11.8 Å². The van der Waals surface area contributed by atoms with Crippen LogP contribution in [0.25, 0.3) is 0 Å². The molecule has 6 heteroatoms. The van der Waals surface area contributed by atoms with Crippen molar-refractivity contribution in [3.05, 3.63) is 17.8 Å². The molecule has 1 atom stereocenters. The van der Waals surface area contributed by atoms with Crippen LogP contribution in [-0.4, -0.2) is 35.6 Å². The summed E-state index contributed by atoms with van der Waals surface area (Å²) in [5.74, 6) is 3.00. The van der Waals surface area contributed by atoms with Gasteiger partial charge in [-0.15, -0.1) is 0 Å². The number of nitrogens with zero attached hydrogens (tertiary/aromatic N) is 1. The maximum atomic E-state index is 11.9. The Hall–Kier alpha value is -1.43. The molecule has 0 amide bonds. The Balaban J connectivity index is 2.07. The van der Waals surface area contributed by atoms with E-state index in [1.54, 1.807) is 19.2 Å². The zero-order chi connectivity index (χ0) is 13.7. The number of ether oxygens (including phenoxy) is 1. The molecule has 1 aliphatic rings. The Morgan fingerprint density at radius 1 is 1.68 bits per heavy atom. The third-order valence-electron chi connectivity index (χ3n) is 3.03. The number of hydrogen-bond acceptors (Lipinski definition) is 6. The number of thioether (sulfide) groups is 1. The van der Waals surface area contributed by atoms with E-state index in [1.165, 1.54) is 17.9 Å². The quantitative estimate of drug-likeness (QED) is 0.804. The highest BCUT2D eigenvalue weighted by atomic mass is 32.2. The van der Waals surface area contributed by atoms with Gasteiger partial charge in [0, 0.05) is 6.54 Å². The van der Waals surface area contributed by atoms with Gasteiger partial charge >= 0.3 is 5.97 Å². The Kier molecular flexibility index (Phi) is 4.90. The monoisotopic (exact) mass is 281 g/mol. The van der Waals surface area contributed by atoms with Crippen molar-refractivity contribution in [2.45, 2.75) is 13.3 Å². The first kappa shape index (κ1) is 14.0. The number of aromatic nitrogens is 1. The highest BCUT2D eigenvalue weighted by Crippen LogP contribution is 2.25. The van der Waals surface area contributed by atoms with Crippen LogP contribution in [0.3, 0.4) is 0 Å². The first-order valence-electron chi connectivity index (χ1n) is 6.45. The third kappa shape index (κ3) is 3.76. The van der Waals surface area contributed by atoms with Crippen molar-refractivity contribution in [3.63, 3.8) is 0 Å². The van der Waals surface area contributed by atoms with Gasteiger partial charge in [-0.05, 0) is 36.8 Å². The molecule has 0 radical (unpaired) electrons. The molecule has 1 aliphatic heterocycles. The van der Waals surface area contributed by atoms with Crippen LogP contribution in [-0.2, 0) is 4.74 Å². The lowest BCUT2D eigenvalue weighted by Crippen LogP contribution is -2.17. The van der Waals surface area contributed by atoms with Gasteiger partial charge in [-0.25, -0.2) is 9.78 Å². The summed E-state index contributed by atoms with van der Waals surface area (Å²) in [6, 6.07) is 1.56. The number of anilines is 2.